The smallest absolute Gasteiger partial charge is 0.408 e. The molecule has 1 aliphatic heterocycles. The van der Waals surface area contributed by atoms with Crippen LogP contribution in [0, 0.1) is 0 Å². The van der Waals surface area contributed by atoms with E-state index in [-0.39, 0.29) is 5.76 Å². The van der Waals surface area contributed by atoms with Crippen LogP contribution >= 0.6 is 0 Å². The summed E-state index contributed by atoms with van der Waals surface area (Å²) in [6.45, 7) is 3.72. The monoisotopic (exact) mass is 260 g/mol. The number of nitrogens with one attached hydrogen (secondary N) is 1. The summed E-state index contributed by atoms with van der Waals surface area (Å²) in [5.41, 5.74) is 2.84. The Morgan fingerprint density at radius 1 is 1.42 bits per heavy atom. The van der Waals surface area contributed by atoms with Gasteiger partial charge >= 0.3 is 5.76 Å². The normalized spacial score (nSPS) is 19.9. The predicted octanol–water partition coefficient (Wildman–Crippen LogP) is 2.30. The van der Waals surface area contributed by atoms with Crippen LogP contribution in [0.2, 0.25) is 0 Å². The molecule has 0 spiro atoms. The van der Waals surface area contributed by atoms with Gasteiger partial charge in [-0.2, -0.15) is 0 Å². The Labute approximate surface area is 112 Å². The Morgan fingerprint density at radius 3 is 3.05 bits per heavy atom. The molecule has 0 aliphatic carbocycles. The van der Waals surface area contributed by atoms with Crippen LogP contribution in [0.15, 0.2) is 27.4 Å². The first-order valence-corrected chi connectivity index (χ1v) is 7.13. The third-order valence-corrected chi connectivity index (χ3v) is 3.94. The molecule has 2 heterocycles. The van der Waals surface area contributed by atoms with Gasteiger partial charge in [0.05, 0.1) is 5.52 Å². The lowest BCUT2D eigenvalue weighted by Gasteiger charge is -2.23. The third kappa shape index (κ3) is 2.45. The van der Waals surface area contributed by atoms with Gasteiger partial charge in [0.1, 0.15) is 0 Å². The van der Waals surface area contributed by atoms with Gasteiger partial charge in [0, 0.05) is 12.6 Å². The summed E-state index contributed by atoms with van der Waals surface area (Å²) in [6.07, 6.45) is 4.83. The van der Waals surface area contributed by atoms with Gasteiger partial charge in [-0.15, -0.1) is 0 Å². The highest BCUT2D eigenvalue weighted by atomic mass is 16.4. The van der Waals surface area contributed by atoms with Crippen molar-refractivity contribution in [1.29, 1.82) is 0 Å². The van der Waals surface area contributed by atoms with E-state index in [1.807, 2.05) is 19.1 Å². The van der Waals surface area contributed by atoms with E-state index in [0.29, 0.717) is 18.2 Å². The molecule has 4 heteroatoms. The molecule has 1 aliphatic rings. The highest BCUT2D eigenvalue weighted by molar-refractivity contribution is 5.73. The number of fused-ring (bicyclic) bond motifs is 1. The zero-order chi connectivity index (χ0) is 13.2. The van der Waals surface area contributed by atoms with Crippen molar-refractivity contribution in [3.05, 3.63) is 34.3 Å². The Kier molecular flexibility index (Phi) is 3.42. The van der Waals surface area contributed by atoms with Crippen molar-refractivity contribution in [2.75, 3.05) is 6.54 Å². The molecular formula is C15H20N2O2. The zero-order valence-corrected chi connectivity index (χ0v) is 11.3. The van der Waals surface area contributed by atoms with Gasteiger partial charge in [0.25, 0.3) is 0 Å². The van der Waals surface area contributed by atoms with Gasteiger partial charge in [-0.25, -0.2) is 4.79 Å². The van der Waals surface area contributed by atoms with Crippen LogP contribution in [0.1, 0.15) is 31.7 Å². The maximum absolute atomic E-state index is 11.7. The second kappa shape index (κ2) is 5.21. The van der Waals surface area contributed by atoms with Crippen LogP contribution in [-0.2, 0) is 13.0 Å². The summed E-state index contributed by atoms with van der Waals surface area (Å²) in [4.78, 5) is 11.7. The number of aryl methyl sites for hydroxylation is 1. The molecule has 2 aromatic rings. The summed E-state index contributed by atoms with van der Waals surface area (Å²) in [6, 6.07) is 6.69. The summed E-state index contributed by atoms with van der Waals surface area (Å²) >= 11 is 0. The molecular weight excluding hydrogens is 240 g/mol. The molecule has 102 valence electrons. The van der Waals surface area contributed by atoms with E-state index in [4.69, 9.17) is 4.42 Å². The number of hydrogen-bond donors (Lipinski definition) is 1. The first-order valence-electron chi connectivity index (χ1n) is 7.13. The minimum absolute atomic E-state index is 0.259. The fourth-order valence-corrected chi connectivity index (χ4v) is 2.92. The second-order valence-electron chi connectivity index (χ2n) is 5.27. The van der Waals surface area contributed by atoms with Gasteiger partial charge in [-0.3, -0.25) is 4.57 Å². The fourth-order valence-electron chi connectivity index (χ4n) is 2.92. The SMILES string of the molecule is CCn1c(=O)oc2cc(CC3CCCCN3)ccc21. The van der Waals surface area contributed by atoms with Crippen LogP contribution in [0.25, 0.3) is 11.1 Å². The van der Waals surface area contributed by atoms with E-state index < -0.39 is 0 Å². The first-order chi connectivity index (χ1) is 9.28. The summed E-state index contributed by atoms with van der Waals surface area (Å²) in [5.74, 6) is -0.259. The van der Waals surface area contributed by atoms with Gasteiger partial charge < -0.3 is 9.73 Å². The topological polar surface area (TPSA) is 47.2 Å². The van der Waals surface area contributed by atoms with E-state index in [2.05, 4.69) is 11.4 Å². The number of oxazole rings is 1. The number of aromatic nitrogens is 1. The minimum atomic E-state index is -0.259. The standard InChI is InChI=1S/C15H20N2O2/c1-2-17-13-7-6-11(10-14(13)19-15(17)18)9-12-5-3-4-8-16-12/h6-7,10,12,16H,2-5,8-9H2,1H3. The number of nitrogens with zero attached hydrogens (tertiary/aromatic N) is 1. The Hall–Kier alpha value is -1.55. The van der Waals surface area contributed by atoms with E-state index in [9.17, 15) is 4.79 Å². The van der Waals surface area contributed by atoms with E-state index in [1.54, 1.807) is 4.57 Å². The Balaban J connectivity index is 1.87. The average Bonchev–Trinajstić information content (AvgIpc) is 2.74. The predicted molar refractivity (Wildman–Crippen MR) is 75.5 cm³/mol. The number of hydrogen-bond acceptors (Lipinski definition) is 3. The van der Waals surface area contributed by atoms with Crippen LogP contribution < -0.4 is 11.1 Å². The van der Waals surface area contributed by atoms with Crippen molar-refractivity contribution < 1.29 is 4.42 Å². The highest BCUT2D eigenvalue weighted by Gasteiger charge is 2.14. The van der Waals surface area contributed by atoms with E-state index in [1.165, 1.54) is 24.8 Å². The van der Waals surface area contributed by atoms with Gasteiger partial charge in [0.15, 0.2) is 5.58 Å². The summed E-state index contributed by atoms with van der Waals surface area (Å²) < 4.78 is 6.97. The zero-order valence-electron chi connectivity index (χ0n) is 11.3. The summed E-state index contributed by atoms with van der Waals surface area (Å²) in [7, 11) is 0. The fraction of sp³-hybridized carbons (Fsp3) is 0.533. The lowest BCUT2D eigenvalue weighted by atomic mass is 9.98. The highest BCUT2D eigenvalue weighted by Crippen LogP contribution is 2.18. The third-order valence-electron chi connectivity index (χ3n) is 3.94. The van der Waals surface area contributed by atoms with E-state index >= 15 is 0 Å². The molecule has 0 radical (unpaired) electrons. The van der Waals surface area contributed by atoms with Crippen molar-refractivity contribution in [1.82, 2.24) is 9.88 Å². The van der Waals surface area contributed by atoms with Crippen molar-refractivity contribution in [2.24, 2.45) is 0 Å². The number of piperidine rings is 1. The van der Waals surface area contributed by atoms with E-state index in [0.717, 1.165) is 18.5 Å². The molecule has 1 atom stereocenters. The molecule has 4 nitrogen and oxygen atoms in total. The van der Waals surface area contributed by atoms with Crippen molar-refractivity contribution in [2.45, 2.75) is 45.2 Å². The number of benzene rings is 1. The molecule has 0 amide bonds. The lowest BCUT2D eigenvalue weighted by molar-refractivity contribution is 0.399. The molecule has 0 saturated carbocycles. The Bertz CT molecular complexity index is 621. The largest absolute Gasteiger partial charge is 0.419 e. The lowest BCUT2D eigenvalue weighted by Crippen LogP contribution is -2.35. The summed E-state index contributed by atoms with van der Waals surface area (Å²) in [5, 5.41) is 3.55. The van der Waals surface area contributed by atoms with Crippen molar-refractivity contribution >= 4 is 11.1 Å². The first kappa shape index (κ1) is 12.5. The quantitative estimate of drug-likeness (QED) is 0.921. The maximum atomic E-state index is 11.7. The molecule has 0 bridgehead atoms. The van der Waals surface area contributed by atoms with Crippen LogP contribution in [0.3, 0.4) is 0 Å². The molecule has 1 aromatic carbocycles. The van der Waals surface area contributed by atoms with Crippen molar-refractivity contribution in [3.8, 4) is 0 Å². The molecule has 1 aromatic heterocycles. The number of rotatable bonds is 3. The maximum Gasteiger partial charge on any atom is 0.419 e. The Morgan fingerprint density at radius 2 is 2.32 bits per heavy atom. The molecule has 1 N–H and O–H groups in total. The van der Waals surface area contributed by atoms with Gasteiger partial charge in [-0.05, 0) is 50.4 Å². The minimum Gasteiger partial charge on any atom is -0.408 e. The molecule has 1 fully saturated rings. The van der Waals surface area contributed by atoms with Crippen molar-refractivity contribution in [3.63, 3.8) is 0 Å². The molecule has 1 saturated heterocycles. The second-order valence-corrected chi connectivity index (χ2v) is 5.27. The van der Waals surface area contributed by atoms with Gasteiger partial charge in [0.2, 0.25) is 0 Å². The van der Waals surface area contributed by atoms with Gasteiger partial charge in [-0.1, -0.05) is 12.5 Å². The van der Waals surface area contributed by atoms with Crippen LogP contribution in [0.5, 0.6) is 0 Å². The van der Waals surface area contributed by atoms with Crippen LogP contribution in [0.4, 0.5) is 0 Å². The van der Waals surface area contributed by atoms with Crippen LogP contribution in [-0.4, -0.2) is 17.2 Å². The average molecular weight is 260 g/mol. The molecule has 1 unspecified atom stereocenters. The molecule has 3 rings (SSSR count). The molecule has 19 heavy (non-hydrogen) atoms.